The molecule has 1 N–H and O–H groups in total. The molecule has 0 radical (unpaired) electrons. The maximum absolute atomic E-state index is 13.7. The highest BCUT2D eigenvalue weighted by atomic mass is 19.1. The largest absolute Gasteiger partial charge is 0.451 e. The molecule has 0 saturated carbocycles. The lowest BCUT2D eigenvalue weighted by Gasteiger charge is -2.31. The molecule has 1 unspecified atom stereocenters. The molecule has 2 aromatic heterocycles. The molecule has 1 saturated heterocycles. The maximum atomic E-state index is 13.7. The lowest BCUT2D eigenvalue weighted by Crippen LogP contribution is -2.44. The summed E-state index contributed by atoms with van der Waals surface area (Å²) in [6.07, 6.45) is 7.15. The predicted molar refractivity (Wildman–Crippen MR) is 141 cm³/mol. The number of aromatic nitrogens is 2. The van der Waals surface area contributed by atoms with E-state index in [-0.39, 0.29) is 24.0 Å². The lowest BCUT2D eigenvalue weighted by molar-refractivity contribution is -0.122. The molecule has 1 atom stereocenters. The van der Waals surface area contributed by atoms with Crippen LogP contribution in [0.2, 0.25) is 0 Å². The first-order valence-electron chi connectivity index (χ1n) is 12.6. The van der Waals surface area contributed by atoms with Crippen LogP contribution in [0.3, 0.4) is 0 Å². The predicted octanol–water partition coefficient (Wildman–Crippen LogP) is 4.08. The number of oxazole rings is 1. The van der Waals surface area contributed by atoms with Crippen LogP contribution in [-0.2, 0) is 16.0 Å². The highest BCUT2D eigenvalue weighted by Gasteiger charge is 2.35. The Kier molecular flexibility index (Phi) is 7.72. The van der Waals surface area contributed by atoms with Crippen LogP contribution in [0.25, 0.3) is 0 Å². The lowest BCUT2D eigenvalue weighted by atomic mass is 10.0. The Labute approximate surface area is 224 Å². The van der Waals surface area contributed by atoms with E-state index in [0.29, 0.717) is 36.3 Å². The van der Waals surface area contributed by atoms with Crippen molar-refractivity contribution in [2.24, 2.45) is 0 Å². The molecule has 0 bridgehead atoms. The Morgan fingerprint density at radius 2 is 1.97 bits per heavy atom. The van der Waals surface area contributed by atoms with Crippen LogP contribution in [0.4, 0.5) is 15.8 Å². The zero-order valence-electron chi connectivity index (χ0n) is 21.0. The summed E-state index contributed by atoms with van der Waals surface area (Å²) in [7, 11) is 0. The van der Waals surface area contributed by atoms with Crippen molar-refractivity contribution in [3.05, 3.63) is 108 Å². The van der Waals surface area contributed by atoms with Crippen molar-refractivity contribution < 1.29 is 23.2 Å². The van der Waals surface area contributed by atoms with E-state index in [0.717, 1.165) is 18.4 Å². The van der Waals surface area contributed by atoms with E-state index in [9.17, 15) is 18.8 Å². The molecule has 2 aromatic carbocycles. The van der Waals surface area contributed by atoms with Gasteiger partial charge in [-0.3, -0.25) is 24.3 Å². The summed E-state index contributed by atoms with van der Waals surface area (Å²) in [6.45, 7) is 0.854. The molecule has 1 fully saturated rings. The summed E-state index contributed by atoms with van der Waals surface area (Å²) in [4.78, 5) is 50.9. The molecule has 1 aliphatic rings. The van der Waals surface area contributed by atoms with E-state index in [4.69, 9.17) is 4.42 Å². The fourth-order valence-electron chi connectivity index (χ4n) is 4.61. The Hall–Kier alpha value is -4.86. The van der Waals surface area contributed by atoms with Crippen LogP contribution in [0.15, 0.2) is 90.1 Å². The zero-order valence-corrected chi connectivity index (χ0v) is 21.0. The van der Waals surface area contributed by atoms with Gasteiger partial charge in [-0.25, -0.2) is 9.37 Å². The van der Waals surface area contributed by atoms with Crippen molar-refractivity contribution in [1.29, 1.82) is 0 Å². The number of amides is 3. The maximum Gasteiger partial charge on any atom is 0.281 e. The number of anilines is 2. The topological polar surface area (TPSA) is 109 Å². The van der Waals surface area contributed by atoms with Gasteiger partial charge in [0.05, 0.1) is 0 Å². The van der Waals surface area contributed by atoms with Crippen LogP contribution < -0.4 is 15.1 Å². The Bertz CT molecular complexity index is 1440. The van der Waals surface area contributed by atoms with Crippen molar-refractivity contribution in [1.82, 2.24) is 15.3 Å². The van der Waals surface area contributed by atoms with Crippen molar-refractivity contribution in [2.75, 3.05) is 22.9 Å². The molecule has 5 rings (SSSR count). The van der Waals surface area contributed by atoms with Crippen LogP contribution in [0.5, 0.6) is 0 Å². The molecule has 0 spiro atoms. The summed E-state index contributed by atoms with van der Waals surface area (Å²) in [5.74, 6) is -1.31. The van der Waals surface area contributed by atoms with Crippen molar-refractivity contribution in [3.8, 4) is 0 Å². The molecule has 0 aliphatic carbocycles. The van der Waals surface area contributed by atoms with Crippen LogP contribution >= 0.6 is 0 Å². The van der Waals surface area contributed by atoms with Crippen LogP contribution in [0.1, 0.15) is 40.5 Å². The minimum absolute atomic E-state index is 0.0234. The molecule has 9 nitrogen and oxygen atoms in total. The highest BCUT2D eigenvalue weighted by molar-refractivity contribution is 6.09. The number of carbonyl (C=O) groups excluding carboxylic acids is 3. The Morgan fingerprint density at radius 1 is 1.13 bits per heavy atom. The summed E-state index contributed by atoms with van der Waals surface area (Å²) in [5.41, 5.74) is 2.38. The highest BCUT2D eigenvalue weighted by Crippen LogP contribution is 2.32. The van der Waals surface area contributed by atoms with Gasteiger partial charge >= 0.3 is 0 Å². The van der Waals surface area contributed by atoms with E-state index in [1.165, 1.54) is 29.5 Å². The van der Waals surface area contributed by atoms with Crippen molar-refractivity contribution in [3.63, 3.8) is 0 Å². The van der Waals surface area contributed by atoms with Gasteiger partial charge in [-0.15, -0.1) is 0 Å². The molecule has 39 heavy (non-hydrogen) atoms. The normalized spacial score (nSPS) is 13.8. The number of hydrogen-bond acceptors (Lipinski definition) is 6. The quantitative estimate of drug-likeness (QED) is 0.351. The minimum Gasteiger partial charge on any atom is -0.451 e. The standard InChI is InChI=1S/C29H26FN5O4/c30-22-6-1-4-20(16-22)12-14-32-28(37)27(21-5-2-13-31-17-21)35(29(38)25-18-39-19-33-25)24-10-8-23(9-11-24)34-15-3-7-26(34)36/h1-2,4-6,8-11,13,16-19,27H,3,7,12,14-15H2,(H,32,37). The Balaban J connectivity index is 1.47. The molecule has 4 aromatic rings. The van der Waals surface area contributed by atoms with E-state index in [1.807, 2.05) is 0 Å². The number of nitrogens with one attached hydrogen (secondary N) is 1. The molecule has 1 aliphatic heterocycles. The summed E-state index contributed by atoms with van der Waals surface area (Å²) < 4.78 is 18.6. The average molecular weight is 528 g/mol. The summed E-state index contributed by atoms with van der Waals surface area (Å²) in [5, 5.41) is 2.88. The zero-order chi connectivity index (χ0) is 27.2. The Morgan fingerprint density at radius 3 is 2.64 bits per heavy atom. The fraction of sp³-hybridized carbons (Fsp3) is 0.207. The number of pyridine rings is 1. The van der Waals surface area contributed by atoms with Gasteiger partial charge in [-0.05, 0) is 60.9 Å². The fourth-order valence-corrected chi connectivity index (χ4v) is 4.61. The van der Waals surface area contributed by atoms with Crippen molar-refractivity contribution >= 4 is 29.1 Å². The second kappa shape index (κ2) is 11.7. The summed E-state index contributed by atoms with van der Waals surface area (Å²) >= 11 is 0. The third-order valence-electron chi connectivity index (χ3n) is 6.49. The molecule has 3 heterocycles. The van der Waals surface area contributed by atoms with Crippen LogP contribution in [0, 0.1) is 5.82 Å². The third-order valence-corrected chi connectivity index (χ3v) is 6.49. The first-order valence-corrected chi connectivity index (χ1v) is 12.6. The van der Waals surface area contributed by atoms with Gasteiger partial charge in [0.2, 0.25) is 11.8 Å². The van der Waals surface area contributed by atoms with E-state index in [1.54, 1.807) is 59.6 Å². The smallest absolute Gasteiger partial charge is 0.281 e. The molecule has 10 heteroatoms. The van der Waals surface area contributed by atoms with Gasteiger partial charge in [0.15, 0.2) is 12.1 Å². The second-order valence-corrected chi connectivity index (χ2v) is 9.07. The SMILES string of the molecule is O=C(NCCc1cccc(F)c1)C(c1cccnc1)N(C(=O)c1cocn1)c1ccc(N2CCCC2=O)cc1. The molecule has 198 valence electrons. The number of hydrogen-bond donors (Lipinski definition) is 1. The first-order chi connectivity index (χ1) is 19.0. The monoisotopic (exact) mass is 527 g/mol. The van der Waals surface area contributed by atoms with Crippen LogP contribution in [-0.4, -0.2) is 40.8 Å². The number of rotatable bonds is 9. The average Bonchev–Trinajstić information content (AvgIpc) is 3.64. The van der Waals surface area contributed by atoms with E-state index in [2.05, 4.69) is 15.3 Å². The van der Waals surface area contributed by atoms with Crippen molar-refractivity contribution in [2.45, 2.75) is 25.3 Å². The van der Waals surface area contributed by atoms with E-state index < -0.39 is 17.9 Å². The third kappa shape index (κ3) is 5.85. The molecular weight excluding hydrogens is 501 g/mol. The summed E-state index contributed by atoms with van der Waals surface area (Å²) in [6, 6.07) is 15.4. The van der Waals surface area contributed by atoms with Gasteiger partial charge < -0.3 is 14.6 Å². The van der Waals surface area contributed by atoms with Gasteiger partial charge in [0.25, 0.3) is 5.91 Å². The van der Waals surface area contributed by atoms with E-state index >= 15 is 0 Å². The first kappa shape index (κ1) is 25.8. The minimum atomic E-state index is -1.10. The van der Waals surface area contributed by atoms with Gasteiger partial charge in [0, 0.05) is 48.8 Å². The molecular formula is C29H26FN5O4. The second-order valence-electron chi connectivity index (χ2n) is 9.07. The van der Waals surface area contributed by atoms with Gasteiger partial charge in [-0.1, -0.05) is 18.2 Å². The van der Waals surface area contributed by atoms with Gasteiger partial charge in [-0.2, -0.15) is 0 Å². The van der Waals surface area contributed by atoms with Gasteiger partial charge in [0.1, 0.15) is 18.1 Å². The number of carbonyl (C=O) groups is 3. The molecule has 3 amide bonds. The number of nitrogens with zero attached hydrogens (tertiary/aromatic N) is 4. The number of benzene rings is 2. The number of halogens is 1.